The van der Waals surface area contributed by atoms with Gasteiger partial charge in [-0.05, 0) is 56.5 Å². The van der Waals surface area contributed by atoms with Crippen LogP contribution in [-0.2, 0) is 25.6 Å². The number of ether oxygens (including phenoxy) is 1. The molecule has 12 heteroatoms. The van der Waals surface area contributed by atoms with E-state index in [1.807, 2.05) is 0 Å². The summed E-state index contributed by atoms with van der Waals surface area (Å²) in [5, 5.41) is 10.9. The molecule has 1 saturated carbocycles. The molecule has 186 valence electrons. The van der Waals surface area contributed by atoms with E-state index in [1.54, 1.807) is 19.1 Å². The summed E-state index contributed by atoms with van der Waals surface area (Å²) in [6.07, 6.45) is 1.24. The van der Waals surface area contributed by atoms with Crippen LogP contribution in [0.1, 0.15) is 37.1 Å². The second-order valence-electron chi connectivity index (χ2n) is 8.17. The molecule has 2 unspecified atom stereocenters. The average Bonchev–Trinajstić information content (AvgIpc) is 3.18. The van der Waals surface area contributed by atoms with Crippen molar-refractivity contribution >= 4 is 27.4 Å². The van der Waals surface area contributed by atoms with Gasteiger partial charge < -0.3 is 9.15 Å². The second-order valence-corrected chi connectivity index (χ2v) is 10.1. The van der Waals surface area contributed by atoms with Crippen molar-refractivity contribution in [1.29, 1.82) is 0 Å². The summed E-state index contributed by atoms with van der Waals surface area (Å²) in [5.41, 5.74) is 0.824. The van der Waals surface area contributed by atoms with Crippen molar-refractivity contribution in [3.8, 4) is 11.5 Å². The number of rotatable bonds is 8. The minimum atomic E-state index is -4.32. The molecule has 1 aromatic heterocycles. The Hall–Kier alpha value is -2.86. The summed E-state index contributed by atoms with van der Waals surface area (Å²) in [7, 11) is -4.32. The molecule has 1 fully saturated rings. The van der Waals surface area contributed by atoms with Gasteiger partial charge in [0.25, 0.3) is 15.8 Å². The largest absolute Gasteiger partial charge is 0.441 e. The first kappa shape index (κ1) is 25.2. The van der Waals surface area contributed by atoms with E-state index in [0.717, 1.165) is 18.2 Å². The highest BCUT2D eigenvalue weighted by molar-refractivity contribution is 7.87. The number of nitro groups is 1. The van der Waals surface area contributed by atoms with E-state index in [9.17, 15) is 22.9 Å². The molecule has 0 aliphatic heterocycles. The van der Waals surface area contributed by atoms with Crippen molar-refractivity contribution in [3.05, 3.63) is 74.9 Å². The zero-order chi connectivity index (χ0) is 25.2. The normalized spacial score (nSPS) is 18.5. The molecule has 0 radical (unpaired) electrons. The first-order valence-electron chi connectivity index (χ1n) is 10.8. The maximum Gasteiger partial charge on any atom is 0.298 e. The van der Waals surface area contributed by atoms with Crippen LogP contribution in [0.2, 0.25) is 5.02 Å². The number of halogens is 2. The molecule has 2 atom stereocenters. The second kappa shape index (κ2) is 10.4. The van der Waals surface area contributed by atoms with Gasteiger partial charge in [0.2, 0.25) is 5.89 Å². The molecule has 1 heterocycles. The van der Waals surface area contributed by atoms with Crippen LogP contribution in [0.25, 0.3) is 11.5 Å². The molecule has 3 aromatic rings. The van der Waals surface area contributed by atoms with Crippen LogP contribution >= 0.6 is 11.6 Å². The van der Waals surface area contributed by atoms with Gasteiger partial charge in [0, 0.05) is 24.1 Å². The van der Waals surface area contributed by atoms with Crippen LogP contribution in [0.5, 0.6) is 0 Å². The Morgan fingerprint density at radius 2 is 1.91 bits per heavy atom. The van der Waals surface area contributed by atoms with Crippen LogP contribution < -0.4 is 0 Å². The highest BCUT2D eigenvalue weighted by Crippen LogP contribution is 2.32. The summed E-state index contributed by atoms with van der Waals surface area (Å²) in [4.78, 5) is 14.3. The van der Waals surface area contributed by atoms with Crippen molar-refractivity contribution in [2.45, 2.75) is 56.3 Å². The molecule has 9 nitrogen and oxygen atoms in total. The zero-order valence-electron chi connectivity index (χ0n) is 18.6. The van der Waals surface area contributed by atoms with Gasteiger partial charge in [-0.15, -0.1) is 0 Å². The fraction of sp³-hybridized carbons (Fsp3) is 0.348. The molecular formula is C23H22ClFN2O7S. The molecule has 4 rings (SSSR count). The number of benzene rings is 2. The van der Waals surface area contributed by atoms with Crippen LogP contribution in [0.4, 0.5) is 10.1 Å². The van der Waals surface area contributed by atoms with E-state index in [4.69, 9.17) is 24.9 Å². The molecule has 2 aromatic carbocycles. The Morgan fingerprint density at radius 3 is 2.63 bits per heavy atom. The van der Waals surface area contributed by atoms with E-state index in [-0.39, 0.29) is 23.6 Å². The molecule has 0 bridgehead atoms. The van der Waals surface area contributed by atoms with E-state index in [1.165, 1.54) is 12.1 Å². The number of aromatic nitrogens is 1. The Balaban J connectivity index is 1.39. The minimum Gasteiger partial charge on any atom is -0.441 e. The highest BCUT2D eigenvalue weighted by Gasteiger charge is 2.31. The lowest BCUT2D eigenvalue weighted by Crippen LogP contribution is -2.30. The predicted molar refractivity (Wildman–Crippen MR) is 124 cm³/mol. The average molecular weight is 525 g/mol. The van der Waals surface area contributed by atoms with Gasteiger partial charge in [-0.2, -0.15) is 8.42 Å². The molecular weight excluding hydrogens is 503 g/mol. The molecule has 0 saturated heterocycles. The molecule has 1 aliphatic carbocycles. The summed E-state index contributed by atoms with van der Waals surface area (Å²) in [6.45, 7) is 1.90. The maximum absolute atomic E-state index is 13.2. The Bertz CT molecular complexity index is 1330. The van der Waals surface area contributed by atoms with Crippen LogP contribution in [-0.4, -0.2) is 30.5 Å². The van der Waals surface area contributed by atoms with Crippen LogP contribution in [0, 0.1) is 22.9 Å². The number of nitro benzene ring substituents is 1. The Labute approximate surface area is 206 Å². The monoisotopic (exact) mass is 524 g/mol. The van der Waals surface area contributed by atoms with Gasteiger partial charge in [0.15, 0.2) is 0 Å². The highest BCUT2D eigenvalue weighted by atomic mass is 35.5. The van der Waals surface area contributed by atoms with Gasteiger partial charge in [-0.25, -0.2) is 9.37 Å². The van der Waals surface area contributed by atoms with Crippen molar-refractivity contribution in [1.82, 2.24) is 4.98 Å². The molecule has 1 aliphatic rings. The van der Waals surface area contributed by atoms with Crippen LogP contribution in [0.3, 0.4) is 0 Å². The number of aryl methyl sites for hydroxylation is 1. The van der Waals surface area contributed by atoms with Crippen molar-refractivity contribution < 1.29 is 31.1 Å². The third-order valence-corrected chi connectivity index (χ3v) is 7.52. The van der Waals surface area contributed by atoms with Gasteiger partial charge in [0.1, 0.15) is 22.2 Å². The summed E-state index contributed by atoms with van der Waals surface area (Å²) in [5.74, 6) is 0.561. The zero-order valence-corrected chi connectivity index (χ0v) is 20.2. The third-order valence-electron chi connectivity index (χ3n) is 5.68. The van der Waals surface area contributed by atoms with Gasteiger partial charge >= 0.3 is 0 Å². The predicted octanol–water partition coefficient (Wildman–Crippen LogP) is 5.58. The van der Waals surface area contributed by atoms with E-state index in [0.29, 0.717) is 48.6 Å². The minimum absolute atomic E-state index is 0.150. The number of non-ortho nitro benzene ring substituents is 1. The summed E-state index contributed by atoms with van der Waals surface area (Å²) in [6, 6.07) is 8.96. The van der Waals surface area contributed by atoms with Crippen molar-refractivity contribution in [2.24, 2.45) is 0 Å². The Kier molecular flexibility index (Phi) is 7.50. The smallest absolute Gasteiger partial charge is 0.298 e. The first-order chi connectivity index (χ1) is 16.6. The lowest BCUT2D eigenvalue weighted by Gasteiger charge is -2.28. The lowest BCUT2D eigenvalue weighted by molar-refractivity contribution is -0.385. The fourth-order valence-corrected chi connectivity index (χ4v) is 5.45. The SMILES string of the molecule is Cc1oc(-c2ccc(F)cc2)nc1COC1CCCC(OS(=O)(=O)c2cc([N+](=O)[O-])ccc2Cl)C1. The molecule has 0 N–H and O–H groups in total. The fourth-order valence-electron chi connectivity index (χ4n) is 3.84. The molecule has 35 heavy (non-hydrogen) atoms. The maximum atomic E-state index is 13.2. The third kappa shape index (κ3) is 6.04. The number of hydrogen-bond acceptors (Lipinski definition) is 8. The summed E-state index contributed by atoms with van der Waals surface area (Å²) >= 11 is 5.98. The Morgan fingerprint density at radius 1 is 1.20 bits per heavy atom. The van der Waals surface area contributed by atoms with Gasteiger partial charge in [-0.3, -0.25) is 14.3 Å². The molecule has 0 spiro atoms. The first-order valence-corrected chi connectivity index (χ1v) is 12.6. The quantitative estimate of drug-likeness (QED) is 0.212. The van der Waals surface area contributed by atoms with Crippen molar-refractivity contribution in [3.63, 3.8) is 0 Å². The van der Waals surface area contributed by atoms with E-state index >= 15 is 0 Å². The number of nitrogens with zero attached hydrogens (tertiary/aromatic N) is 2. The number of oxazole rings is 1. The topological polar surface area (TPSA) is 122 Å². The van der Waals surface area contributed by atoms with Gasteiger partial charge in [-0.1, -0.05) is 11.6 Å². The summed E-state index contributed by atoms with van der Waals surface area (Å²) < 4.78 is 55.7. The number of hydrogen-bond donors (Lipinski definition) is 0. The standard InChI is InChI=1S/C23H22ClFN2O7S/c1-14-21(26-23(33-14)15-5-7-16(25)8-6-15)13-32-18-3-2-4-19(12-18)34-35(30,31)22-11-17(27(28)29)9-10-20(22)24/h5-11,18-19H,2-4,12-13H2,1H3. The van der Waals surface area contributed by atoms with E-state index in [2.05, 4.69) is 4.98 Å². The molecule has 0 amide bonds. The van der Waals surface area contributed by atoms with Gasteiger partial charge in [0.05, 0.1) is 28.8 Å². The van der Waals surface area contributed by atoms with Crippen LogP contribution in [0.15, 0.2) is 51.8 Å². The van der Waals surface area contributed by atoms with Crippen molar-refractivity contribution in [2.75, 3.05) is 0 Å². The lowest BCUT2D eigenvalue weighted by atomic mass is 9.95. The van der Waals surface area contributed by atoms with E-state index < -0.39 is 31.7 Å².